The number of rotatable bonds is 4. The summed E-state index contributed by atoms with van der Waals surface area (Å²) in [6, 6.07) is 6.12. The summed E-state index contributed by atoms with van der Waals surface area (Å²) < 4.78 is 19.0. The summed E-state index contributed by atoms with van der Waals surface area (Å²) in [4.78, 5) is 8.23. The first kappa shape index (κ1) is 13.6. The van der Waals surface area contributed by atoms with Gasteiger partial charge < -0.3 is 10.2 Å². The molecule has 7 heteroatoms. The minimum absolute atomic E-state index is 0.119. The maximum Gasteiger partial charge on any atom is 0.225 e. The quantitative estimate of drug-likeness (QED) is 0.388. The SMILES string of the molecule is CSc1nc(NN)cc(Oc2cc(C)ccc2F)n1. The second-order valence-electron chi connectivity index (χ2n) is 3.76. The van der Waals surface area contributed by atoms with E-state index in [2.05, 4.69) is 15.4 Å². The number of aryl methyl sites for hydroxylation is 1. The van der Waals surface area contributed by atoms with Gasteiger partial charge in [0.05, 0.1) is 0 Å². The average Bonchev–Trinajstić information content (AvgIpc) is 2.42. The number of nitrogens with one attached hydrogen (secondary N) is 1. The summed E-state index contributed by atoms with van der Waals surface area (Å²) in [5.41, 5.74) is 3.31. The van der Waals surface area contributed by atoms with Gasteiger partial charge >= 0.3 is 0 Å². The first-order chi connectivity index (χ1) is 9.12. The highest BCUT2D eigenvalue weighted by molar-refractivity contribution is 7.98. The lowest BCUT2D eigenvalue weighted by Crippen LogP contribution is -2.09. The molecule has 0 unspecified atom stereocenters. The second kappa shape index (κ2) is 5.85. The molecule has 100 valence electrons. The molecule has 0 spiro atoms. The molecule has 0 atom stereocenters. The highest BCUT2D eigenvalue weighted by atomic mass is 32.2. The van der Waals surface area contributed by atoms with Crippen LogP contribution in [0.25, 0.3) is 0 Å². The zero-order chi connectivity index (χ0) is 13.8. The molecule has 3 N–H and O–H groups in total. The monoisotopic (exact) mass is 280 g/mol. The van der Waals surface area contributed by atoms with Gasteiger partial charge in [-0.25, -0.2) is 15.2 Å². The summed E-state index contributed by atoms with van der Waals surface area (Å²) in [5, 5.41) is 0.485. The molecule has 0 fully saturated rings. The number of anilines is 1. The minimum atomic E-state index is -0.447. The third kappa shape index (κ3) is 3.33. The molecule has 1 aromatic carbocycles. The van der Waals surface area contributed by atoms with Crippen LogP contribution in [-0.2, 0) is 0 Å². The first-order valence-corrected chi connectivity index (χ1v) is 6.68. The molecule has 0 saturated heterocycles. The predicted molar refractivity (Wildman–Crippen MR) is 72.8 cm³/mol. The number of aromatic nitrogens is 2. The number of nitrogen functional groups attached to an aromatic ring is 1. The fourth-order valence-corrected chi connectivity index (χ4v) is 1.79. The second-order valence-corrected chi connectivity index (χ2v) is 4.53. The Morgan fingerprint density at radius 2 is 2.11 bits per heavy atom. The number of nitrogens with zero attached hydrogens (tertiary/aromatic N) is 2. The van der Waals surface area contributed by atoms with Crippen LogP contribution in [0.5, 0.6) is 11.6 Å². The Morgan fingerprint density at radius 3 is 2.79 bits per heavy atom. The molecule has 1 aromatic heterocycles. The summed E-state index contributed by atoms with van der Waals surface area (Å²) in [7, 11) is 0. The van der Waals surface area contributed by atoms with Gasteiger partial charge in [-0.2, -0.15) is 4.98 Å². The summed E-state index contributed by atoms with van der Waals surface area (Å²) in [6.45, 7) is 1.85. The van der Waals surface area contributed by atoms with E-state index in [1.165, 1.54) is 23.9 Å². The van der Waals surface area contributed by atoms with Gasteiger partial charge in [0.15, 0.2) is 16.7 Å². The zero-order valence-corrected chi connectivity index (χ0v) is 11.3. The van der Waals surface area contributed by atoms with Crippen molar-refractivity contribution in [1.29, 1.82) is 0 Å². The first-order valence-electron chi connectivity index (χ1n) is 5.46. The van der Waals surface area contributed by atoms with Crippen LogP contribution in [0.1, 0.15) is 5.56 Å². The van der Waals surface area contributed by atoms with Gasteiger partial charge in [-0.3, -0.25) is 0 Å². The Bertz CT molecular complexity index is 572. The van der Waals surface area contributed by atoms with Crippen molar-refractivity contribution in [3.05, 3.63) is 35.6 Å². The maximum absolute atomic E-state index is 13.6. The third-order valence-electron chi connectivity index (χ3n) is 2.31. The number of benzene rings is 1. The molecule has 1 heterocycles. The molecule has 2 aromatic rings. The Hall–Kier alpha value is -1.86. The van der Waals surface area contributed by atoms with Gasteiger partial charge in [-0.05, 0) is 30.9 Å². The van der Waals surface area contributed by atoms with E-state index in [4.69, 9.17) is 10.6 Å². The number of hydrogen-bond donors (Lipinski definition) is 2. The summed E-state index contributed by atoms with van der Waals surface area (Å²) in [6.07, 6.45) is 1.83. The van der Waals surface area contributed by atoms with Crippen LogP contribution in [0.3, 0.4) is 0 Å². The van der Waals surface area contributed by atoms with E-state index in [0.717, 1.165) is 5.56 Å². The lowest BCUT2D eigenvalue weighted by atomic mass is 10.2. The fraction of sp³-hybridized carbons (Fsp3) is 0.167. The van der Waals surface area contributed by atoms with Crippen molar-refractivity contribution in [3.63, 3.8) is 0 Å². The maximum atomic E-state index is 13.6. The van der Waals surface area contributed by atoms with Crippen molar-refractivity contribution in [2.45, 2.75) is 12.1 Å². The standard InChI is InChI=1S/C12H13FN4OS/c1-7-3-4-8(13)9(5-7)18-11-6-10(17-14)15-12(16-11)19-2/h3-6H,14H2,1-2H3,(H,15,16,17). The molecule has 0 aliphatic carbocycles. The number of hydrazine groups is 1. The Kier molecular flexibility index (Phi) is 4.18. The fourth-order valence-electron chi connectivity index (χ4n) is 1.42. The molecule has 0 radical (unpaired) electrons. The third-order valence-corrected chi connectivity index (χ3v) is 2.86. The molecule has 19 heavy (non-hydrogen) atoms. The zero-order valence-electron chi connectivity index (χ0n) is 10.5. The van der Waals surface area contributed by atoms with Crippen LogP contribution >= 0.6 is 11.8 Å². The van der Waals surface area contributed by atoms with Crippen molar-refractivity contribution < 1.29 is 9.13 Å². The van der Waals surface area contributed by atoms with Gasteiger partial charge in [0, 0.05) is 6.07 Å². The lowest BCUT2D eigenvalue weighted by molar-refractivity contribution is 0.422. The van der Waals surface area contributed by atoms with E-state index >= 15 is 0 Å². The van der Waals surface area contributed by atoms with Crippen molar-refractivity contribution in [2.24, 2.45) is 5.84 Å². The van der Waals surface area contributed by atoms with Crippen LogP contribution in [0, 0.1) is 12.7 Å². The Morgan fingerprint density at radius 1 is 1.32 bits per heavy atom. The lowest BCUT2D eigenvalue weighted by Gasteiger charge is -2.09. The number of nitrogens with two attached hydrogens (primary N) is 1. The molecular formula is C12H13FN4OS. The van der Waals surface area contributed by atoms with E-state index in [-0.39, 0.29) is 11.6 Å². The number of halogens is 1. The van der Waals surface area contributed by atoms with Gasteiger partial charge in [-0.15, -0.1) is 0 Å². The van der Waals surface area contributed by atoms with E-state index in [1.54, 1.807) is 12.1 Å². The predicted octanol–water partition coefficient (Wildman–Crippen LogP) is 2.72. The van der Waals surface area contributed by atoms with Crippen LogP contribution in [0.2, 0.25) is 0 Å². The topological polar surface area (TPSA) is 73.1 Å². The molecule has 0 bridgehead atoms. The smallest absolute Gasteiger partial charge is 0.225 e. The number of thioether (sulfide) groups is 1. The summed E-state index contributed by atoms with van der Waals surface area (Å²) >= 11 is 1.34. The Labute approximate surface area is 114 Å². The van der Waals surface area contributed by atoms with Crippen molar-refractivity contribution in [1.82, 2.24) is 9.97 Å². The van der Waals surface area contributed by atoms with Crippen LogP contribution in [0.4, 0.5) is 10.2 Å². The molecule has 0 aliphatic rings. The number of ether oxygens (including phenoxy) is 1. The highest BCUT2D eigenvalue weighted by Gasteiger charge is 2.09. The van der Waals surface area contributed by atoms with E-state index in [0.29, 0.717) is 11.0 Å². The summed E-state index contributed by atoms with van der Waals surface area (Å²) in [5.74, 6) is 5.62. The minimum Gasteiger partial charge on any atom is -0.436 e. The highest BCUT2D eigenvalue weighted by Crippen LogP contribution is 2.26. The van der Waals surface area contributed by atoms with Crippen LogP contribution in [-0.4, -0.2) is 16.2 Å². The number of hydrogen-bond acceptors (Lipinski definition) is 6. The van der Waals surface area contributed by atoms with Gasteiger partial charge in [0.25, 0.3) is 0 Å². The average molecular weight is 280 g/mol. The molecular weight excluding hydrogens is 267 g/mol. The van der Waals surface area contributed by atoms with E-state index < -0.39 is 5.82 Å². The molecule has 2 rings (SSSR count). The van der Waals surface area contributed by atoms with Crippen LogP contribution < -0.4 is 16.0 Å². The van der Waals surface area contributed by atoms with Crippen molar-refractivity contribution in [2.75, 3.05) is 11.7 Å². The molecule has 0 amide bonds. The van der Waals surface area contributed by atoms with Crippen molar-refractivity contribution in [3.8, 4) is 11.6 Å². The van der Waals surface area contributed by atoms with Gasteiger partial charge in [0.1, 0.15) is 5.82 Å². The van der Waals surface area contributed by atoms with Gasteiger partial charge in [-0.1, -0.05) is 17.8 Å². The van der Waals surface area contributed by atoms with E-state index in [1.807, 2.05) is 13.2 Å². The van der Waals surface area contributed by atoms with E-state index in [9.17, 15) is 4.39 Å². The largest absolute Gasteiger partial charge is 0.436 e. The van der Waals surface area contributed by atoms with Crippen molar-refractivity contribution >= 4 is 17.6 Å². The normalized spacial score (nSPS) is 10.3. The molecule has 0 saturated carbocycles. The van der Waals surface area contributed by atoms with Gasteiger partial charge in [0.2, 0.25) is 5.88 Å². The molecule has 5 nitrogen and oxygen atoms in total. The van der Waals surface area contributed by atoms with Crippen LogP contribution in [0.15, 0.2) is 29.4 Å². The molecule has 0 aliphatic heterocycles. The Balaban J connectivity index is 2.34.